The van der Waals surface area contributed by atoms with Crippen molar-refractivity contribution in [1.29, 1.82) is 0 Å². The summed E-state index contributed by atoms with van der Waals surface area (Å²) in [6, 6.07) is 12.0. The van der Waals surface area contributed by atoms with E-state index in [9.17, 15) is 0 Å². The molecule has 2 aromatic rings. The summed E-state index contributed by atoms with van der Waals surface area (Å²) >= 11 is 3.55. The number of amidine groups is 1. The zero-order chi connectivity index (χ0) is 15.2. The Bertz CT molecular complexity index is 645. The molecule has 0 unspecified atom stereocenters. The van der Waals surface area contributed by atoms with Crippen molar-refractivity contribution in [3.8, 4) is 0 Å². The molecule has 4 N–H and O–H groups in total. The average Bonchev–Trinajstić information content (AvgIpc) is 2.52. The smallest absolute Gasteiger partial charge is 0.188 e. The van der Waals surface area contributed by atoms with E-state index in [1.165, 1.54) is 5.56 Å². The molecular formula is C15H17BrN4O. The number of nitrogens with one attached hydrogen (secondary N) is 1. The summed E-state index contributed by atoms with van der Waals surface area (Å²) < 4.78 is 1.08. The molecule has 0 saturated heterocycles. The number of benzene rings is 1. The lowest BCUT2D eigenvalue weighted by molar-refractivity contribution is 0.318. The van der Waals surface area contributed by atoms with Gasteiger partial charge in [-0.05, 0) is 36.2 Å². The van der Waals surface area contributed by atoms with Gasteiger partial charge in [-0.25, -0.2) is 0 Å². The fraction of sp³-hybridized carbons (Fsp3) is 0.200. The normalized spacial score (nSPS) is 13.1. The minimum atomic E-state index is 0.00991. The van der Waals surface area contributed by atoms with Crippen LogP contribution in [-0.2, 0) is 6.54 Å². The molecule has 0 aliphatic rings. The van der Waals surface area contributed by atoms with E-state index in [2.05, 4.69) is 44.4 Å². The highest BCUT2D eigenvalue weighted by Crippen LogP contribution is 2.22. The van der Waals surface area contributed by atoms with E-state index in [4.69, 9.17) is 10.9 Å². The third kappa shape index (κ3) is 4.03. The van der Waals surface area contributed by atoms with Crippen LogP contribution in [-0.4, -0.2) is 16.0 Å². The maximum absolute atomic E-state index is 8.68. The molecular weight excluding hydrogens is 332 g/mol. The molecule has 2 rings (SSSR count). The molecule has 0 spiro atoms. The van der Waals surface area contributed by atoms with Crippen LogP contribution in [0.15, 0.2) is 52.2 Å². The van der Waals surface area contributed by atoms with Gasteiger partial charge in [-0.15, -0.1) is 0 Å². The molecule has 1 atom stereocenters. The zero-order valence-corrected chi connectivity index (χ0v) is 13.2. The third-order valence-corrected chi connectivity index (χ3v) is 3.90. The first-order chi connectivity index (χ1) is 10.1. The molecule has 1 aromatic carbocycles. The maximum Gasteiger partial charge on any atom is 0.188 e. The molecule has 110 valence electrons. The van der Waals surface area contributed by atoms with Gasteiger partial charge in [0.15, 0.2) is 5.84 Å². The lowest BCUT2D eigenvalue weighted by Gasteiger charge is -2.16. The van der Waals surface area contributed by atoms with Crippen LogP contribution in [0.1, 0.15) is 29.8 Å². The van der Waals surface area contributed by atoms with Gasteiger partial charge >= 0.3 is 0 Å². The standard InChI is InChI=1S/C15H17BrN4O/c1-10(12-4-2-3-5-13(12)16)19-9-11-6-7-18-14(8-11)15(17)20-21/h2-8,10,19,21H,9H2,1H3,(H2,17,20)/t10-/m0/s1. The second-order valence-corrected chi connectivity index (χ2v) is 5.51. The van der Waals surface area contributed by atoms with Crippen LogP contribution in [0.2, 0.25) is 0 Å². The van der Waals surface area contributed by atoms with Crippen LogP contribution < -0.4 is 11.1 Å². The fourth-order valence-electron chi connectivity index (χ4n) is 1.98. The molecule has 0 radical (unpaired) electrons. The predicted molar refractivity (Wildman–Crippen MR) is 86.1 cm³/mol. The summed E-state index contributed by atoms with van der Waals surface area (Å²) in [6.45, 7) is 2.77. The Morgan fingerprint density at radius 3 is 2.90 bits per heavy atom. The van der Waals surface area contributed by atoms with Gasteiger partial charge in [0.2, 0.25) is 0 Å². The second-order valence-electron chi connectivity index (χ2n) is 4.66. The Balaban J connectivity index is 2.05. The average molecular weight is 349 g/mol. The number of nitrogens with two attached hydrogens (primary N) is 1. The van der Waals surface area contributed by atoms with E-state index in [0.29, 0.717) is 12.2 Å². The Kier molecular flexibility index (Phi) is 5.30. The van der Waals surface area contributed by atoms with Crippen molar-refractivity contribution in [1.82, 2.24) is 10.3 Å². The minimum Gasteiger partial charge on any atom is -0.409 e. The first-order valence-corrected chi connectivity index (χ1v) is 7.31. The summed E-state index contributed by atoms with van der Waals surface area (Å²) in [6.07, 6.45) is 1.65. The summed E-state index contributed by atoms with van der Waals surface area (Å²) in [5, 5.41) is 15.1. The van der Waals surface area contributed by atoms with E-state index < -0.39 is 0 Å². The first-order valence-electron chi connectivity index (χ1n) is 6.52. The number of rotatable bonds is 5. The van der Waals surface area contributed by atoms with Crippen LogP contribution in [0, 0.1) is 0 Å². The third-order valence-electron chi connectivity index (χ3n) is 3.18. The van der Waals surface area contributed by atoms with Crippen molar-refractivity contribution >= 4 is 21.8 Å². The topological polar surface area (TPSA) is 83.5 Å². The SMILES string of the molecule is C[C@H](NCc1ccnc(/C(N)=N/O)c1)c1ccccc1Br. The second kappa shape index (κ2) is 7.19. The van der Waals surface area contributed by atoms with Crippen LogP contribution in [0.25, 0.3) is 0 Å². The summed E-state index contributed by atoms with van der Waals surface area (Å²) in [5.74, 6) is 0.00991. The molecule has 5 nitrogen and oxygen atoms in total. The first kappa shape index (κ1) is 15.5. The number of halogens is 1. The summed E-state index contributed by atoms with van der Waals surface area (Å²) in [4.78, 5) is 4.06. The highest BCUT2D eigenvalue weighted by Gasteiger charge is 2.09. The van der Waals surface area contributed by atoms with Crippen LogP contribution in [0.4, 0.5) is 0 Å². The van der Waals surface area contributed by atoms with E-state index in [0.717, 1.165) is 10.0 Å². The van der Waals surface area contributed by atoms with Gasteiger partial charge in [-0.2, -0.15) is 0 Å². The van der Waals surface area contributed by atoms with Crippen molar-refractivity contribution in [3.05, 3.63) is 63.9 Å². The number of nitrogens with zero attached hydrogens (tertiary/aromatic N) is 2. The van der Waals surface area contributed by atoms with E-state index in [1.54, 1.807) is 12.3 Å². The molecule has 21 heavy (non-hydrogen) atoms. The number of hydrogen-bond donors (Lipinski definition) is 3. The van der Waals surface area contributed by atoms with Crippen molar-refractivity contribution in [2.24, 2.45) is 10.9 Å². The van der Waals surface area contributed by atoms with Crippen LogP contribution in [0.5, 0.6) is 0 Å². The Hall–Kier alpha value is -1.92. The van der Waals surface area contributed by atoms with E-state index in [-0.39, 0.29) is 11.9 Å². The molecule has 0 fully saturated rings. The molecule has 0 amide bonds. The Labute approximate surface area is 132 Å². The van der Waals surface area contributed by atoms with Gasteiger partial charge in [-0.1, -0.05) is 39.3 Å². The molecule has 0 aliphatic carbocycles. The quantitative estimate of drug-likeness (QED) is 0.335. The number of oxime groups is 1. The molecule has 0 aliphatic heterocycles. The highest BCUT2D eigenvalue weighted by atomic mass is 79.9. The van der Waals surface area contributed by atoms with Gasteiger partial charge in [0.25, 0.3) is 0 Å². The number of aromatic nitrogens is 1. The van der Waals surface area contributed by atoms with Gasteiger partial charge < -0.3 is 16.3 Å². The van der Waals surface area contributed by atoms with Gasteiger partial charge in [-0.3, -0.25) is 4.98 Å². The maximum atomic E-state index is 8.68. The number of pyridine rings is 1. The Morgan fingerprint density at radius 1 is 1.43 bits per heavy atom. The minimum absolute atomic E-state index is 0.00991. The van der Waals surface area contributed by atoms with Gasteiger partial charge in [0.1, 0.15) is 5.69 Å². The van der Waals surface area contributed by atoms with Crippen molar-refractivity contribution in [2.45, 2.75) is 19.5 Å². The number of hydrogen-bond acceptors (Lipinski definition) is 4. The lowest BCUT2D eigenvalue weighted by Crippen LogP contribution is -2.20. The van der Waals surface area contributed by atoms with Crippen molar-refractivity contribution < 1.29 is 5.21 Å². The fourth-order valence-corrected chi connectivity index (χ4v) is 2.61. The van der Waals surface area contributed by atoms with Gasteiger partial charge in [0.05, 0.1) is 0 Å². The monoisotopic (exact) mass is 348 g/mol. The van der Waals surface area contributed by atoms with Crippen LogP contribution >= 0.6 is 15.9 Å². The highest BCUT2D eigenvalue weighted by molar-refractivity contribution is 9.10. The van der Waals surface area contributed by atoms with Gasteiger partial charge in [0, 0.05) is 23.3 Å². The molecule has 0 bridgehead atoms. The Morgan fingerprint density at radius 2 is 2.19 bits per heavy atom. The van der Waals surface area contributed by atoms with E-state index >= 15 is 0 Å². The molecule has 0 saturated carbocycles. The molecule has 6 heteroatoms. The molecule has 1 aromatic heterocycles. The van der Waals surface area contributed by atoms with Crippen LogP contribution in [0.3, 0.4) is 0 Å². The zero-order valence-electron chi connectivity index (χ0n) is 11.6. The predicted octanol–water partition coefficient (Wildman–Crippen LogP) is 2.79. The summed E-state index contributed by atoms with van der Waals surface area (Å²) in [7, 11) is 0. The largest absolute Gasteiger partial charge is 0.409 e. The van der Waals surface area contributed by atoms with Crippen molar-refractivity contribution in [3.63, 3.8) is 0 Å². The summed E-state index contributed by atoms with van der Waals surface area (Å²) in [5.41, 5.74) is 8.22. The molecule has 1 heterocycles. The van der Waals surface area contributed by atoms with E-state index in [1.807, 2.05) is 24.3 Å². The lowest BCUT2D eigenvalue weighted by atomic mass is 10.1. The van der Waals surface area contributed by atoms with Crippen molar-refractivity contribution in [2.75, 3.05) is 0 Å².